The van der Waals surface area contributed by atoms with Crippen molar-refractivity contribution in [3.05, 3.63) is 33.8 Å². The molecule has 0 aromatic heterocycles. The molecule has 106 valence electrons. The van der Waals surface area contributed by atoms with Crippen molar-refractivity contribution >= 4 is 21.8 Å². The molecule has 1 rings (SSSR count). The molecule has 0 aliphatic rings. The highest BCUT2D eigenvalue weighted by Gasteiger charge is 2.06. The number of aryl methyl sites for hydroxylation is 1. The van der Waals surface area contributed by atoms with Gasteiger partial charge in [-0.3, -0.25) is 4.79 Å². The van der Waals surface area contributed by atoms with Crippen LogP contribution in [-0.2, 0) is 0 Å². The van der Waals surface area contributed by atoms with E-state index in [1.54, 1.807) is 0 Å². The fraction of sp³-hybridized carbons (Fsp3) is 0.533. The van der Waals surface area contributed by atoms with Gasteiger partial charge in [-0.05, 0) is 50.7 Å². The van der Waals surface area contributed by atoms with Crippen LogP contribution in [0.5, 0.6) is 0 Å². The van der Waals surface area contributed by atoms with Crippen molar-refractivity contribution in [1.29, 1.82) is 0 Å². The predicted octanol–water partition coefficient (Wildman–Crippen LogP) is 3.22. The van der Waals surface area contributed by atoms with Crippen molar-refractivity contribution in [3.63, 3.8) is 0 Å². The van der Waals surface area contributed by atoms with Crippen LogP contribution in [0.3, 0.4) is 0 Å². The summed E-state index contributed by atoms with van der Waals surface area (Å²) in [5, 5.41) is 2.96. The summed E-state index contributed by atoms with van der Waals surface area (Å²) in [5.74, 6) is 0.000229. The topological polar surface area (TPSA) is 32.3 Å². The van der Waals surface area contributed by atoms with E-state index < -0.39 is 0 Å². The van der Waals surface area contributed by atoms with Crippen molar-refractivity contribution < 1.29 is 4.79 Å². The van der Waals surface area contributed by atoms with Gasteiger partial charge in [0.05, 0.1) is 0 Å². The molecule has 1 aromatic rings. The number of halogens is 1. The average molecular weight is 327 g/mol. The quantitative estimate of drug-likeness (QED) is 0.780. The highest BCUT2D eigenvalue weighted by molar-refractivity contribution is 9.10. The molecular formula is C15H23BrN2O. The third kappa shape index (κ3) is 5.33. The number of carbonyl (C=O) groups excluding carboxylic acids is 1. The van der Waals surface area contributed by atoms with Crippen LogP contribution in [0.1, 0.15) is 36.2 Å². The van der Waals surface area contributed by atoms with Crippen molar-refractivity contribution in [2.45, 2.75) is 27.2 Å². The first-order valence-electron chi connectivity index (χ1n) is 6.85. The molecule has 1 N–H and O–H groups in total. The Bertz CT molecular complexity index is 417. The van der Waals surface area contributed by atoms with E-state index >= 15 is 0 Å². The summed E-state index contributed by atoms with van der Waals surface area (Å²) < 4.78 is 0.975. The molecule has 0 aliphatic carbocycles. The molecular weight excluding hydrogens is 304 g/mol. The molecule has 0 spiro atoms. The van der Waals surface area contributed by atoms with Gasteiger partial charge in [-0.25, -0.2) is 0 Å². The van der Waals surface area contributed by atoms with Crippen LogP contribution >= 0.6 is 15.9 Å². The van der Waals surface area contributed by atoms with E-state index in [0.29, 0.717) is 5.56 Å². The zero-order chi connectivity index (χ0) is 14.3. The van der Waals surface area contributed by atoms with Gasteiger partial charge in [-0.15, -0.1) is 0 Å². The molecule has 19 heavy (non-hydrogen) atoms. The van der Waals surface area contributed by atoms with Crippen LogP contribution in [0.25, 0.3) is 0 Å². The minimum atomic E-state index is 0.000229. The van der Waals surface area contributed by atoms with Gasteiger partial charge in [0, 0.05) is 16.6 Å². The van der Waals surface area contributed by atoms with Crippen LogP contribution in [0.4, 0.5) is 0 Å². The van der Waals surface area contributed by atoms with E-state index in [1.807, 2.05) is 25.1 Å². The number of nitrogens with zero attached hydrogens (tertiary/aromatic N) is 1. The summed E-state index contributed by atoms with van der Waals surface area (Å²) in [5.41, 5.74) is 1.85. The number of nitrogens with one attached hydrogen (secondary N) is 1. The standard InChI is InChI=1S/C15H23BrN2O/c1-4-18(5-2)10-6-9-17-15(19)13-8-7-12(3)14(16)11-13/h7-8,11H,4-6,9-10H2,1-3H3,(H,17,19). The molecule has 0 saturated carbocycles. The highest BCUT2D eigenvalue weighted by atomic mass is 79.9. The summed E-state index contributed by atoms with van der Waals surface area (Å²) in [6.07, 6.45) is 0.987. The van der Waals surface area contributed by atoms with E-state index in [4.69, 9.17) is 0 Å². The monoisotopic (exact) mass is 326 g/mol. The minimum Gasteiger partial charge on any atom is -0.352 e. The Morgan fingerprint density at radius 1 is 1.32 bits per heavy atom. The second-order valence-corrected chi connectivity index (χ2v) is 5.45. The second kappa shape index (κ2) is 8.33. The maximum absolute atomic E-state index is 11.9. The van der Waals surface area contributed by atoms with Crippen LogP contribution < -0.4 is 5.32 Å². The van der Waals surface area contributed by atoms with Crippen molar-refractivity contribution in [2.75, 3.05) is 26.2 Å². The second-order valence-electron chi connectivity index (χ2n) is 4.60. The summed E-state index contributed by atoms with van der Waals surface area (Å²) >= 11 is 3.45. The van der Waals surface area contributed by atoms with Crippen molar-refractivity contribution in [3.8, 4) is 0 Å². The first-order chi connectivity index (χ1) is 9.08. The lowest BCUT2D eigenvalue weighted by Gasteiger charge is -2.17. The van der Waals surface area contributed by atoms with Gasteiger partial charge in [0.1, 0.15) is 0 Å². The van der Waals surface area contributed by atoms with Gasteiger partial charge in [-0.1, -0.05) is 35.8 Å². The molecule has 0 fully saturated rings. The van der Waals surface area contributed by atoms with Crippen LogP contribution in [0.15, 0.2) is 22.7 Å². The molecule has 1 aromatic carbocycles. The maximum atomic E-state index is 11.9. The van der Waals surface area contributed by atoms with E-state index in [9.17, 15) is 4.79 Å². The lowest BCUT2D eigenvalue weighted by atomic mass is 10.1. The van der Waals surface area contributed by atoms with Gasteiger partial charge in [-0.2, -0.15) is 0 Å². The van der Waals surface area contributed by atoms with Crippen molar-refractivity contribution in [1.82, 2.24) is 10.2 Å². The molecule has 0 bridgehead atoms. The Hall–Kier alpha value is -0.870. The van der Waals surface area contributed by atoms with Crippen molar-refractivity contribution in [2.24, 2.45) is 0 Å². The van der Waals surface area contributed by atoms with Gasteiger partial charge >= 0.3 is 0 Å². The molecule has 0 aliphatic heterocycles. The number of benzene rings is 1. The van der Waals surface area contributed by atoms with E-state index in [-0.39, 0.29) is 5.91 Å². The van der Waals surface area contributed by atoms with Crippen LogP contribution in [0, 0.1) is 6.92 Å². The summed E-state index contributed by atoms with van der Waals surface area (Å²) in [4.78, 5) is 14.3. The zero-order valence-corrected chi connectivity index (χ0v) is 13.6. The molecule has 0 unspecified atom stereocenters. The fourth-order valence-electron chi connectivity index (χ4n) is 1.88. The van der Waals surface area contributed by atoms with Crippen LogP contribution in [0.2, 0.25) is 0 Å². The fourth-order valence-corrected chi connectivity index (χ4v) is 2.26. The molecule has 0 atom stereocenters. The summed E-state index contributed by atoms with van der Waals surface area (Å²) in [6, 6.07) is 5.68. The Kier molecular flexibility index (Phi) is 7.10. The lowest BCUT2D eigenvalue weighted by molar-refractivity contribution is 0.0952. The minimum absolute atomic E-state index is 0.000229. The molecule has 4 heteroatoms. The summed E-state index contributed by atoms with van der Waals surface area (Å²) in [6.45, 7) is 10.2. The number of rotatable bonds is 7. The Labute approximate surface area is 124 Å². The third-order valence-electron chi connectivity index (χ3n) is 3.27. The normalized spacial score (nSPS) is 10.8. The predicted molar refractivity (Wildman–Crippen MR) is 83.6 cm³/mol. The SMILES string of the molecule is CCN(CC)CCCNC(=O)c1ccc(C)c(Br)c1. The zero-order valence-electron chi connectivity index (χ0n) is 12.0. The van der Waals surface area contributed by atoms with Gasteiger partial charge in [0.25, 0.3) is 5.91 Å². The highest BCUT2D eigenvalue weighted by Crippen LogP contribution is 2.17. The molecule has 0 radical (unpaired) electrons. The number of carbonyl (C=O) groups is 1. The van der Waals surface area contributed by atoms with Crippen LogP contribution in [-0.4, -0.2) is 37.0 Å². The molecule has 0 heterocycles. The number of hydrogen-bond acceptors (Lipinski definition) is 2. The third-order valence-corrected chi connectivity index (χ3v) is 4.12. The van der Waals surface area contributed by atoms with E-state index in [1.165, 1.54) is 0 Å². The molecule has 1 amide bonds. The smallest absolute Gasteiger partial charge is 0.251 e. The van der Waals surface area contributed by atoms with Gasteiger partial charge in [0.15, 0.2) is 0 Å². The number of amides is 1. The number of hydrogen-bond donors (Lipinski definition) is 1. The van der Waals surface area contributed by atoms with E-state index in [0.717, 1.165) is 42.6 Å². The Morgan fingerprint density at radius 2 is 2.00 bits per heavy atom. The average Bonchev–Trinajstić information content (AvgIpc) is 2.42. The first kappa shape index (κ1) is 16.2. The lowest BCUT2D eigenvalue weighted by Crippen LogP contribution is -2.29. The summed E-state index contributed by atoms with van der Waals surface area (Å²) in [7, 11) is 0. The van der Waals surface area contributed by atoms with Gasteiger partial charge < -0.3 is 10.2 Å². The molecule has 0 saturated heterocycles. The Morgan fingerprint density at radius 3 is 2.58 bits per heavy atom. The largest absolute Gasteiger partial charge is 0.352 e. The van der Waals surface area contributed by atoms with E-state index in [2.05, 4.69) is 40.0 Å². The maximum Gasteiger partial charge on any atom is 0.251 e. The van der Waals surface area contributed by atoms with Gasteiger partial charge in [0.2, 0.25) is 0 Å². The first-order valence-corrected chi connectivity index (χ1v) is 7.64. The molecule has 3 nitrogen and oxygen atoms in total. The Balaban J connectivity index is 2.37.